The number of aryl methyl sites for hydroxylation is 2. The van der Waals surface area contributed by atoms with Gasteiger partial charge in [0.05, 0.1) is 5.69 Å². The number of carbonyl (C=O) groups excluding carboxylic acids is 2. The number of anilines is 1. The van der Waals surface area contributed by atoms with Crippen molar-refractivity contribution < 1.29 is 14.3 Å². The Kier molecular flexibility index (Phi) is 7.91. The molecule has 0 atom stereocenters. The van der Waals surface area contributed by atoms with Crippen LogP contribution in [0.4, 0.5) is 10.5 Å². The number of aliphatic imine (C=N–C) groups is 1. The molecule has 7 heteroatoms. The molecule has 3 N–H and O–H groups in total. The van der Waals surface area contributed by atoms with Crippen molar-refractivity contribution in [1.82, 2.24) is 5.32 Å². The van der Waals surface area contributed by atoms with Crippen molar-refractivity contribution in [3.8, 4) is 5.75 Å². The number of nitrogens with one attached hydrogen (secondary N) is 1. The zero-order chi connectivity index (χ0) is 19.0. The molecule has 0 aliphatic carbocycles. The van der Waals surface area contributed by atoms with Gasteiger partial charge >= 0.3 is 12.0 Å². The van der Waals surface area contributed by atoms with E-state index in [0.29, 0.717) is 25.1 Å². The van der Waals surface area contributed by atoms with Crippen molar-refractivity contribution >= 4 is 23.6 Å². The number of rotatable bonds is 6. The zero-order valence-electron chi connectivity index (χ0n) is 15.7. The molecule has 0 aliphatic rings. The lowest BCUT2D eigenvalue weighted by Crippen LogP contribution is -2.45. The molecule has 0 unspecified atom stereocenters. The first-order chi connectivity index (χ1) is 11.8. The molecule has 138 valence electrons. The number of nitrogens with two attached hydrogens (primary N) is 1. The number of hydrogen-bond acceptors (Lipinski definition) is 4. The maximum Gasteiger partial charge on any atom is 0.328 e. The fraction of sp³-hybridized carbons (Fsp3) is 0.500. The van der Waals surface area contributed by atoms with E-state index in [1.54, 1.807) is 19.2 Å². The average Bonchev–Trinajstić information content (AvgIpc) is 2.57. The molecule has 7 nitrogen and oxygen atoms in total. The lowest BCUT2D eigenvalue weighted by atomic mass is 10.0. The summed E-state index contributed by atoms with van der Waals surface area (Å²) in [5.41, 5.74) is 8.35. The SMILES string of the molecule is CCCN=C(N)NC(=O)N(C)c1c(CC)cc(OC(C)=O)cc1CC. The van der Waals surface area contributed by atoms with E-state index >= 15 is 0 Å². The summed E-state index contributed by atoms with van der Waals surface area (Å²) in [6.45, 7) is 7.88. The predicted molar refractivity (Wildman–Crippen MR) is 100 cm³/mol. The van der Waals surface area contributed by atoms with Crippen LogP contribution in [-0.2, 0) is 17.6 Å². The molecule has 2 amide bonds. The van der Waals surface area contributed by atoms with Gasteiger partial charge in [-0.15, -0.1) is 0 Å². The lowest BCUT2D eigenvalue weighted by Gasteiger charge is -2.24. The summed E-state index contributed by atoms with van der Waals surface area (Å²) in [7, 11) is 1.68. The van der Waals surface area contributed by atoms with Gasteiger partial charge < -0.3 is 10.5 Å². The van der Waals surface area contributed by atoms with Gasteiger partial charge in [0.15, 0.2) is 5.96 Å². The number of carbonyl (C=O) groups is 2. The number of ether oxygens (including phenoxy) is 1. The Hall–Kier alpha value is -2.57. The molecule has 0 radical (unpaired) electrons. The van der Waals surface area contributed by atoms with Crippen LogP contribution in [0.25, 0.3) is 0 Å². The van der Waals surface area contributed by atoms with Gasteiger partial charge in [0.1, 0.15) is 5.75 Å². The van der Waals surface area contributed by atoms with Crippen LogP contribution in [0.2, 0.25) is 0 Å². The average molecular weight is 348 g/mol. The topological polar surface area (TPSA) is 97.0 Å². The first kappa shape index (κ1) is 20.5. The minimum Gasteiger partial charge on any atom is -0.427 e. The number of guanidine groups is 1. The van der Waals surface area contributed by atoms with Gasteiger partial charge in [0.2, 0.25) is 0 Å². The largest absolute Gasteiger partial charge is 0.427 e. The van der Waals surface area contributed by atoms with Crippen molar-refractivity contribution in [2.24, 2.45) is 10.7 Å². The molecule has 1 aromatic carbocycles. The Labute approximate surface area is 149 Å². The van der Waals surface area contributed by atoms with Gasteiger partial charge in [-0.25, -0.2) is 4.79 Å². The Morgan fingerprint density at radius 3 is 2.20 bits per heavy atom. The number of nitrogens with zero attached hydrogens (tertiary/aromatic N) is 2. The molecule has 1 aromatic rings. The highest BCUT2D eigenvalue weighted by molar-refractivity contribution is 6.03. The van der Waals surface area contributed by atoms with E-state index in [4.69, 9.17) is 10.5 Å². The van der Waals surface area contributed by atoms with Gasteiger partial charge in [0.25, 0.3) is 0 Å². The third-order valence-corrected chi connectivity index (χ3v) is 3.65. The number of urea groups is 1. The molecule has 0 heterocycles. The summed E-state index contributed by atoms with van der Waals surface area (Å²) in [4.78, 5) is 29.3. The van der Waals surface area contributed by atoms with E-state index in [-0.39, 0.29) is 18.0 Å². The van der Waals surface area contributed by atoms with Crippen LogP contribution in [0, 0.1) is 0 Å². The summed E-state index contributed by atoms with van der Waals surface area (Å²) in [6.07, 6.45) is 2.23. The molecule has 0 aromatic heterocycles. The molecule has 0 saturated heterocycles. The molecule has 0 aliphatic heterocycles. The molecular weight excluding hydrogens is 320 g/mol. The molecule has 0 spiro atoms. The van der Waals surface area contributed by atoms with Gasteiger partial charge in [0, 0.05) is 20.5 Å². The molecule has 25 heavy (non-hydrogen) atoms. The van der Waals surface area contributed by atoms with Crippen molar-refractivity contribution in [1.29, 1.82) is 0 Å². The third-order valence-electron chi connectivity index (χ3n) is 3.65. The lowest BCUT2D eigenvalue weighted by molar-refractivity contribution is -0.131. The summed E-state index contributed by atoms with van der Waals surface area (Å²) >= 11 is 0. The van der Waals surface area contributed by atoms with E-state index in [1.807, 2.05) is 20.8 Å². The minimum atomic E-state index is -0.372. The highest BCUT2D eigenvalue weighted by atomic mass is 16.5. The van der Waals surface area contributed by atoms with Crippen LogP contribution < -0.4 is 20.7 Å². The number of hydrogen-bond donors (Lipinski definition) is 2. The monoisotopic (exact) mass is 348 g/mol. The highest BCUT2D eigenvalue weighted by Crippen LogP contribution is 2.31. The Balaban J connectivity index is 3.16. The summed E-state index contributed by atoms with van der Waals surface area (Å²) < 4.78 is 5.21. The maximum atomic E-state index is 12.5. The van der Waals surface area contributed by atoms with Crippen LogP contribution >= 0.6 is 0 Å². The van der Waals surface area contributed by atoms with Crippen molar-refractivity contribution in [2.45, 2.75) is 47.0 Å². The van der Waals surface area contributed by atoms with E-state index in [1.165, 1.54) is 11.8 Å². The molecular formula is C18H28N4O3. The summed E-state index contributed by atoms with van der Waals surface area (Å²) in [5.74, 6) is 0.219. The standard InChI is InChI=1S/C18H28N4O3/c1-6-9-20-17(19)21-18(24)22(5)16-13(7-2)10-15(25-12(4)23)11-14(16)8-3/h10-11H,6-9H2,1-5H3,(H3,19,20,21,24). The predicted octanol–water partition coefficient (Wildman–Crippen LogP) is 2.61. The van der Waals surface area contributed by atoms with Gasteiger partial charge in [-0.2, -0.15) is 0 Å². The fourth-order valence-corrected chi connectivity index (χ4v) is 2.49. The second kappa shape index (κ2) is 9.66. The smallest absolute Gasteiger partial charge is 0.328 e. The molecule has 0 bridgehead atoms. The van der Waals surface area contributed by atoms with Crippen LogP contribution in [0.1, 0.15) is 45.2 Å². The van der Waals surface area contributed by atoms with Crippen molar-refractivity contribution in [2.75, 3.05) is 18.5 Å². The summed E-state index contributed by atoms with van der Waals surface area (Å²) in [5, 5.41) is 2.59. The quantitative estimate of drug-likeness (QED) is 0.357. The van der Waals surface area contributed by atoms with Gasteiger partial charge in [-0.1, -0.05) is 20.8 Å². The van der Waals surface area contributed by atoms with E-state index < -0.39 is 0 Å². The second-order valence-corrected chi connectivity index (χ2v) is 5.65. The number of amides is 2. The van der Waals surface area contributed by atoms with Crippen molar-refractivity contribution in [3.05, 3.63) is 23.3 Å². The van der Waals surface area contributed by atoms with Crippen LogP contribution in [0.3, 0.4) is 0 Å². The third kappa shape index (κ3) is 5.77. The van der Waals surface area contributed by atoms with Crippen molar-refractivity contribution in [3.63, 3.8) is 0 Å². The fourth-order valence-electron chi connectivity index (χ4n) is 2.49. The Morgan fingerprint density at radius 2 is 1.76 bits per heavy atom. The second-order valence-electron chi connectivity index (χ2n) is 5.65. The molecule has 0 fully saturated rings. The van der Waals surface area contributed by atoms with Crippen LogP contribution in [0.15, 0.2) is 17.1 Å². The van der Waals surface area contributed by atoms with Gasteiger partial charge in [-0.3, -0.25) is 20.0 Å². The normalized spacial score (nSPS) is 11.2. The first-order valence-electron chi connectivity index (χ1n) is 8.52. The summed E-state index contributed by atoms with van der Waals surface area (Å²) in [6, 6.07) is 3.21. The molecule has 1 rings (SSSR count). The first-order valence-corrected chi connectivity index (χ1v) is 8.52. The Bertz CT molecular complexity index is 631. The van der Waals surface area contributed by atoms with Gasteiger partial charge in [-0.05, 0) is 42.5 Å². The number of benzene rings is 1. The van der Waals surface area contributed by atoms with Crippen LogP contribution in [-0.4, -0.2) is 31.6 Å². The molecule has 0 saturated carbocycles. The Morgan fingerprint density at radius 1 is 1.20 bits per heavy atom. The number of esters is 1. The minimum absolute atomic E-state index is 0.103. The zero-order valence-corrected chi connectivity index (χ0v) is 15.7. The highest BCUT2D eigenvalue weighted by Gasteiger charge is 2.19. The van der Waals surface area contributed by atoms with Crippen LogP contribution in [0.5, 0.6) is 5.75 Å². The van der Waals surface area contributed by atoms with E-state index in [9.17, 15) is 9.59 Å². The maximum absolute atomic E-state index is 12.5. The van der Waals surface area contributed by atoms with E-state index in [2.05, 4.69) is 10.3 Å². The van der Waals surface area contributed by atoms with E-state index in [0.717, 1.165) is 23.2 Å².